The van der Waals surface area contributed by atoms with Crippen LogP contribution in [0.5, 0.6) is 11.5 Å². The summed E-state index contributed by atoms with van der Waals surface area (Å²) in [5.74, 6) is -3.12. The number of carboxylic acids is 1. The molecule has 0 bridgehead atoms. The number of hydrogen-bond donors (Lipinski definition) is 3. The van der Waals surface area contributed by atoms with Crippen LogP contribution in [-0.2, 0) is 9.53 Å². The number of ketones is 1. The Kier molecular flexibility index (Phi) is 4.82. The highest BCUT2D eigenvalue weighted by Crippen LogP contribution is 2.28. The minimum atomic E-state index is -1.12. The second kappa shape index (κ2) is 6.62. The summed E-state index contributed by atoms with van der Waals surface area (Å²) in [6.07, 6.45) is 1.46. The van der Waals surface area contributed by atoms with Gasteiger partial charge in [0.15, 0.2) is 5.78 Å². The van der Waals surface area contributed by atoms with Gasteiger partial charge in [-0.1, -0.05) is 11.6 Å². The number of phenolic OH excluding ortho intramolecular Hbond substituents is 2. The van der Waals surface area contributed by atoms with Crippen LogP contribution in [0.15, 0.2) is 29.8 Å². The summed E-state index contributed by atoms with van der Waals surface area (Å²) in [7, 11) is 0. The molecule has 0 saturated heterocycles. The number of phenols is 2. The zero-order chi connectivity index (χ0) is 16.3. The lowest BCUT2D eigenvalue weighted by molar-refractivity contribution is -0.147. The van der Waals surface area contributed by atoms with E-state index >= 15 is 0 Å². The largest absolute Gasteiger partial charge is 0.508 e. The molecule has 1 aliphatic heterocycles. The molecule has 1 aliphatic rings. The molecule has 2 atom stereocenters. The van der Waals surface area contributed by atoms with Crippen molar-refractivity contribution < 1.29 is 29.6 Å². The summed E-state index contributed by atoms with van der Waals surface area (Å²) in [5, 5.41) is 28.4. The van der Waals surface area contributed by atoms with Crippen molar-refractivity contribution in [3.8, 4) is 11.5 Å². The van der Waals surface area contributed by atoms with Crippen LogP contribution in [-0.4, -0.2) is 39.8 Å². The molecular formula is C16H18O6. The van der Waals surface area contributed by atoms with Crippen molar-refractivity contribution in [2.45, 2.75) is 25.9 Å². The van der Waals surface area contributed by atoms with Gasteiger partial charge < -0.3 is 20.1 Å². The summed E-state index contributed by atoms with van der Waals surface area (Å²) in [6.45, 7) is 2.24. The molecular weight excluding hydrogens is 288 g/mol. The van der Waals surface area contributed by atoms with Crippen molar-refractivity contribution in [2.75, 3.05) is 6.61 Å². The SMILES string of the molecule is CC1=CC[C@H]([C@H](CC(=O)c2cc(O)ccc2O)C(=O)O)OC1. The lowest BCUT2D eigenvalue weighted by Crippen LogP contribution is -2.34. The lowest BCUT2D eigenvalue weighted by atomic mass is 9.90. The summed E-state index contributed by atoms with van der Waals surface area (Å²) in [5.41, 5.74) is 0.936. The third-order valence-electron chi connectivity index (χ3n) is 3.68. The van der Waals surface area contributed by atoms with Crippen LogP contribution in [0.4, 0.5) is 0 Å². The third kappa shape index (κ3) is 3.65. The minimum Gasteiger partial charge on any atom is -0.508 e. The maximum atomic E-state index is 12.2. The van der Waals surface area contributed by atoms with E-state index in [0.717, 1.165) is 11.6 Å². The number of benzene rings is 1. The van der Waals surface area contributed by atoms with Crippen molar-refractivity contribution in [1.82, 2.24) is 0 Å². The van der Waals surface area contributed by atoms with E-state index < -0.39 is 23.8 Å². The number of hydrogen-bond acceptors (Lipinski definition) is 5. The third-order valence-corrected chi connectivity index (χ3v) is 3.68. The van der Waals surface area contributed by atoms with Gasteiger partial charge in [0, 0.05) is 6.42 Å². The number of aromatic hydroxyl groups is 2. The van der Waals surface area contributed by atoms with Crippen LogP contribution in [0.2, 0.25) is 0 Å². The van der Waals surface area contributed by atoms with Crippen LogP contribution in [0.25, 0.3) is 0 Å². The van der Waals surface area contributed by atoms with Gasteiger partial charge >= 0.3 is 5.97 Å². The topological polar surface area (TPSA) is 104 Å². The Morgan fingerprint density at radius 2 is 2.09 bits per heavy atom. The van der Waals surface area contributed by atoms with Crippen molar-refractivity contribution in [2.24, 2.45) is 5.92 Å². The van der Waals surface area contributed by atoms with Crippen molar-refractivity contribution in [3.05, 3.63) is 35.4 Å². The van der Waals surface area contributed by atoms with E-state index in [1.807, 2.05) is 13.0 Å². The predicted octanol–water partition coefficient (Wildman–Crippen LogP) is 2.11. The van der Waals surface area contributed by atoms with E-state index in [0.29, 0.717) is 13.0 Å². The second-order valence-electron chi connectivity index (χ2n) is 5.41. The Hall–Kier alpha value is -2.34. The van der Waals surface area contributed by atoms with Gasteiger partial charge in [-0.25, -0.2) is 0 Å². The molecule has 1 heterocycles. The summed E-state index contributed by atoms with van der Waals surface area (Å²) in [6, 6.07) is 3.57. The van der Waals surface area contributed by atoms with Gasteiger partial charge in [0.2, 0.25) is 0 Å². The smallest absolute Gasteiger partial charge is 0.309 e. The highest BCUT2D eigenvalue weighted by Gasteiger charge is 2.32. The average molecular weight is 306 g/mol. The number of rotatable bonds is 5. The van der Waals surface area contributed by atoms with E-state index in [9.17, 15) is 24.9 Å². The summed E-state index contributed by atoms with van der Waals surface area (Å²) >= 11 is 0. The number of carbonyl (C=O) groups is 2. The summed E-state index contributed by atoms with van der Waals surface area (Å²) < 4.78 is 5.49. The van der Waals surface area contributed by atoms with E-state index in [1.54, 1.807) is 0 Å². The minimum absolute atomic E-state index is 0.0891. The van der Waals surface area contributed by atoms with Crippen LogP contribution < -0.4 is 0 Å². The first-order chi connectivity index (χ1) is 10.4. The Balaban J connectivity index is 2.16. The molecule has 0 saturated carbocycles. The molecule has 22 heavy (non-hydrogen) atoms. The number of carboxylic acid groups (broad SMARTS) is 1. The molecule has 0 spiro atoms. The molecule has 2 rings (SSSR count). The first kappa shape index (κ1) is 16.0. The second-order valence-corrected chi connectivity index (χ2v) is 5.41. The van der Waals surface area contributed by atoms with Gasteiger partial charge in [0.1, 0.15) is 11.5 Å². The van der Waals surface area contributed by atoms with Crippen LogP contribution in [0.1, 0.15) is 30.1 Å². The molecule has 0 radical (unpaired) electrons. The van der Waals surface area contributed by atoms with Gasteiger partial charge in [-0.3, -0.25) is 9.59 Å². The number of Topliss-reactive ketones (excluding diaryl/α,β-unsaturated/α-hetero) is 1. The van der Waals surface area contributed by atoms with Crippen LogP contribution >= 0.6 is 0 Å². The molecule has 6 heteroatoms. The number of ether oxygens (including phenoxy) is 1. The van der Waals surface area contributed by atoms with E-state index in [2.05, 4.69) is 0 Å². The highest BCUT2D eigenvalue weighted by atomic mass is 16.5. The fraction of sp³-hybridized carbons (Fsp3) is 0.375. The fourth-order valence-corrected chi connectivity index (χ4v) is 2.40. The lowest BCUT2D eigenvalue weighted by Gasteiger charge is -2.26. The molecule has 6 nitrogen and oxygen atoms in total. The molecule has 118 valence electrons. The molecule has 0 aromatic heterocycles. The van der Waals surface area contributed by atoms with Crippen molar-refractivity contribution in [3.63, 3.8) is 0 Å². The number of carbonyl (C=O) groups excluding carboxylic acids is 1. The van der Waals surface area contributed by atoms with Gasteiger partial charge in [0.25, 0.3) is 0 Å². The van der Waals surface area contributed by atoms with Crippen LogP contribution in [0, 0.1) is 5.92 Å². The Bertz CT molecular complexity index is 619. The van der Waals surface area contributed by atoms with Gasteiger partial charge in [-0.2, -0.15) is 0 Å². The molecule has 1 aromatic rings. The van der Waals surface area contributed by atoms with Crippen molar-refractivity contribution in [1.29, 1.82) is 0 Å². The van der Waals surface area contributed by atoms with Gasteiger partial charge in [-0.05, 0) is 31.5 Å². The Morgan fingerprint density at radius 3 is 2.68 bits per heavy atom. The molecule has 1 aromatic carbocycles. The quantitative estimate of drug-likeness (QED) is 0.437. The van der Waals surface area contributed by atoms with E-state index in [1.165, 1.54) is 12.1 Å². The first-order valence-corrected chi connectivity index (χ1v) is 6.93. The maximum Gasteiger partial charge on any atom is 0.309 e. The Labute approximate surface area is 127 Å². The molecule has 0 amide bonds. The normalized spacial score (nSPS) is 19.3. The monoisotopic (exact) mass is 306 g/mol. The standard InChI is InChI=1S/C16H18O6/c1-9-2-5-15(22-8-9)12(16(20)21)7-14(19)11-6-10(17)3-4-13(11)18/h2-4,6,12,15,17-18H,5,7-8H2,1H3,(H,20,21)/t12-,15+/m0/s1. The zero-order valence-corrected chi connectivity index (χ0v) is 12.2. The summed E-state index contributed by atoms with van der Waals surface area (Å²) in [4.78, 5) is 23.7. The molecule has 3 N–H and O–H groups in total. The van der Waals surface area contributed by atoms with Gasteiger partial charge in [-0.15, -0.1) is 0 Å². The van der Waals surface area contributed by atoms with Crippen LogP contribution in [0.3, 0.4) is 0 Å². The first-order valence-electron chi connectivity index (χ1n) is 6.93. The highest BCUT2D eigenvalue weighted by molar-refractivity contribution is 6.00. The fourth-order valence-electron chi connectivity index (χ4n) is 2.40. The van der Waals surface area contributed by atoms with E-state index in [-0.39, 0.29) is 23.5 Å². The van der Waals surface area contributed by atoms with Crippen molar-refractivity contribution >= 4 is 11.8 Å². The predicted molar refractivity (Wildman–Crippen MR) is 78.0 cm³/mol. The molecule has 0 aliphatic carbocycles. The number of aliphatic carboxylic acids is 1. The van der Waals surface area contributed by atoms with Gasteiger partial charge in [0.05, 0.1) is 24.2 Å². The Morgan fingerprint density at radius 1 is 1.36 bits per heavy atom. The zero-order valence-electron chi connectivity index (χ0n) is 12.2. The molecule has 0 fully saturated rings. The maximum absolute atomic E-state index is 12.2. The average Bonchev–Trinajstić information content (AvgIpc) is 2.48. The van der Waals surface area contributed by atoms with E-state index in [4.69, 9.17) is 4.74 Å². The molecule has 0 unspecified atom stereocenters.